The topological polar surface area (TPSA) is 0 Å². The van der Waals surface area contributed by atoms with Gasteiger partial charge in [-0.2, -0.15) is 8.78 Å². The quantitative estimate of drug-likeness (QED) is 0.306. The molecule has 0 unspecified atom stereocenters. The molecule has 0 aliphatic heterocycles. The summed E-state index contributed by atoms with van der Waals surface area (Å²) in [6.07, 6.45) is 21.9. The summed E-state index contributed by atoms with van der Waals surface area (Å²) in [5.41, 5.74) is 1.94. The third kappa shape index (κ3) is 8.35. The molecule has 2 aliphatic rings. The number of halogens is 2. The maximum absolute atomic E-state index is 12.4. The first-order valence-electron chi connectivity index (χ1n) is 13.3. The Morgan fingerprint density at radius 3 is 1.87 bits per heavy atom. The van der Waals surface area contributed by atoms with Crippen molar-refractivity contribution in [2.24, 2.45) is 17.8 Å². The first-order valence-corrected chi connectivity index (χ1v) is 13.3. The Kier molecular flexibility index (Phi) is 10.6. The summed E-state index contributed by atoms with van der Waals surface area (Å²) in [5, 5.41) is 0. The lowest BCUT2D eigenvalue weighted by atomic mass is 9.68. The van der Waals surface area contributed by atoms with Crippen molar-refractivity contribution in [3.63, 3.8) is 0 Å². The lowest BCUT2D eigenvalue weighted by Gasteiger charge is -2.38. The Balaban J connectivity index is 1.31. The second kappa shape index (κ2) is 13.4. The van der Waals surface area contributed by atoms with Crippen LogP contribution in [0, 0.1) is 17.8 Å². The molecule has 0 atom stereocenters. The van der Waals surface area contributed by atoms with Gasteiger partial charge in [-0.15, -0.1) is 0 Å². The Bertz CT molecular complexity index is 627. The smallest absolute Gasteiger partial charge is 0.173 e. The molecule has 2 aliphatic carbocycles. The van der Waals surface area contributed by atoms with E-state index in [-0.39, 0.29) is 0 Å². The van der Waals surface area contributed by atoms with Gasteiger partial charge in [-0.3, -0.25) is 0 Å². The molecular formula is C29H44F2. The Morgan fingerprint density at radius 2 is 1.29 bits per heavy atom. The maximum atomic E-state index is 12.4. The molecule has 0 N–H and O–H groups in total. The summed E-state index contributed by atoms with van der Waals surface area (Å²) in [4.78, 5) is 0. The molecule has 0 spiro atoms. The lowest BCUT2D eigenvalue weighted by molar-refractivity contribution is 0.155. The fraction of sp³-hybridized carbons (Fsp3) is 0.724. The molecule has 174 valence electrons. The van der Waals surface area contributed by atoms with Crippen LogP contribution in [-0.4, -0.2) is 0 Å². The van der Waals surface area contributed by atoms with Gasteiger partial charge in [-0.1, -0.05) is 95.4 Å². The zero-order chi connectivity index (χ0) is 21.9. The van der Waals surface area contributed by atoms with Crippen molar-refractivity contribution in [2.45, 2.75) is 116 Å². The normalized spacial score (nSPS) is 26.5. The van der Waals surface area contributed by atoms with Gasteiger partial charge >= 0.3 is 0 Å². The minimum Gasteiger partial charge on any atom is -0.173 e. The van der Waals surface area contributed by atoms with E-state index in [9.17, 15) is 8.78 Å². The van der Waals surface area contributed by atoms with Gasteiger partial charge in [-0.25, -0.2) is 0 Å². The van der Waals surface area contributed by atoms with Crippen molar-refractivity contribution in [3.8, 4) is 0 Å². The SMILES string of the molecule is CCCCCCCCCC1CCC(C2CCC(c3ccc(C=C(F)F)cc3)CC2)CC1. The second-order valence-corrected chi connectivity index (χ2v) is 10.4. The summed E-state index contributed by atoms with van der Waals surface area (Å²) in [6, 6.07) is 7.81. The molecule has 2 saturated carbocycles. The molecule has 31 heavy (non-hydrogen) atoms. The van der Waals surface area contributed by atoms with E-state index >= 15 is 0 Å². The standard InChI is InChI=1S/C29H44F2/c1-2-3-4-5-6-7-8-9-23-10-14-25(15-11-23)27-18-20-28(21-19-27)26-16-12-24(13-17-26)22-29(30)31/h12-13,16-17,22-23,25,27-28H,2-11,14-15,18-21H2,1H3. The number of benzene rings is 1. The molecule has 1 aromatic rings. The van der Waals surface area contributed by atoms with Crippen LogP contribution in [0.15, 0.2) is 30.3 Å². The molecule has 0 heterocycles. The van der Waals surface area contributed by atoms with Gasteiger partial charge in [0, 0.05) is 6.08 Å². The van der Waals surface area contributed by atoms with Crippen LogP contribution in [-0.2, 0) is 0 Å². The van der Waals surface area contributed by atoms with Crippen molar-refractivity contribution < 1.29 is 8.78 Å². The minimum atomic E-state index is -1.62. The average molecular weight is 431 g/mol. The van der Waals surface area contributed by atoms with E-state index in [0.29, 0.717) is 11.5 Å². The van der Waals surface area contributed by atoms with Gasteiger partial charge in [-0.05, 0) is 73.3 Å². The van der Waals surface area contributed by atoms with Crippen LogP contribution in [0.5, 0.6) is 0 Å². The van der Waals surface area contributed by atoms with Crippen molar-refractivity contribution in [2.75, 3.05) is 0 Å². The third-order valence-electron chi connectivity index (χ3n) is 8.23. The molecule has 3 rings (SSSR count). The van der Waals surface area contributed by atoms with E-state index < -0.39 is 6.08 Å². The highest BCUT2D eigenvalue weighted by atomic mass is 19.3. The second-order valence-electron chi connectivity index (χ2n) is 10.4. The summed E-state index contributed by atoms with van der Waals surface area (Å²) in [5.74, 6) is 3.52. The van der Waals surface area contributed by atoms with Gasteiger partial charge in [0.1, 0.15) is 0 Å². The fourth-order valence-corrected chi connectivity index (χ4v) is 6.25. The van der Waals surface area contributed by atoms with E-state index in [1.54, 1.807) is 0 Å². The van der Waals surface area contributed by atoms with Gasteiger partial charge in [0.25, 0.3) is 6.08 Å². The molecule has 2 fully saturated rings. The largest absolute Gasteiger partial charge is 0.270 e. The van der Waals surface area contributed by atoms with Crippen LogP contribution in [0.4, 0.5) is 8.78 Å². The van der Waals surface area contributed by atoms with Gasteiger partial charge in [0.05, 0.1) is 0 Å². The van der Waals surface area contributed by atoms with Crippen LogP contribution in [0.25, 0.3) is 6.08 Å². The van der Waals surface area contributed by atoms with Crippen molar-refractivity contribution in [1.82, 2.24) is 0 Å². The predicted octanol–water partition coefficient (Wildman–Crippen LogP) is 10.1. The van der Waals surface area contributed by atoms with Crippen LogP contribution < -0.4 is 0 Å². The first-order chi connectivity index (χ1) is 15.2. The lowest BCUT2D eigenvalue weighted by Crippen LogP contribution is -2.25. The zero-order valence-corrected chi connectivity index (χ0v) is 19.8. The van der Waals surface area contributed by atoms with Crippen molar-refractivity contribution in [3.05, 3.63) is 41.5 Å². The van der Waals surface area contributed by atoms with E-state index in [2.05, 4.69) is 19.1 Å². The van der Waals surface area contributed by atoms with E-state index in [1.807, 2.05) is 12.1 Å². The first kappa shape index (κ1) is 24.5. The Morgan fingerprint density at radius 1 is 0.742 bits per heavy atom. The molecule has 0 amide bonds. The number of unbranched alkanes of at least 4 members (excludes halogenated alkanes) is 6. The van der Waals surface area contributed by atoms with Crippen LogP contribution in [0.1, 0.15) is 127 Å². The van der Waals surface area contributed by atoms with Crippen LogP contribution >= 0.6 is 0 Å². The molecule has 0 aromatic heterocycles. The highest BCUT2D eigenvalue weighted by Crippen LogP contribution is 2.44. The minimum absolute atomic E-state index is 0.602. The maximum Gasteiger partial charge on any atom is 0.270 e. The average Bonchev–Trinajstić information content (AvgIpc) is 2.79. The molecule has 0 saturated heterocycles. The van der Waals surface area contributed by atoms with Crippen LogP contribution in [0.2, 0.25) is 0 Å². The molecule has 2 heteroatoms. The van der Waals surface area contributed by atoms with Gasteiger partial charge < -0.3 is 0 Å². The Labute approximate surface area is 189 Å². The molecule has 1 aromatic carbocycles. The summed E-state index contributed by atoms with van der Waals surface area (Å²) in [7, 11) is 0. The Hall–Kier alpha value is -1.18. The predicted molar refractivity (Wildman–Crippen MR) is 129 cm³/mol. The molecular weight excluding hydrogens is 386 g/mol. The van der Waals surface area contributed by atoms with E-state index in [1.165, 1.54) is 108 Å². The summed E-state index contributed by atoms with van der Waals surface area (Å²) in [6.45, 7) is 2.29. The van der Waals surface area contributed by atoms with Crippen molar-refractivity contribution in [1.29, 1.82) is 0 Å². The third-order valence-corrected chi connectivity index (χ3v) is 8.23. The fourth-order valence-electron chi connectivity index (χ4n) is 6.25. The number of hydrogen-bond acceptors (Lipinski definition) is 0. The monoisotopic (exact) mass is 430 g/mol. The highest BCUT2D eigenvalue weighted by Gasteiger charge is 2.31. The number of hydrogen-bond donors (Lipinski definition) is 0. The summed E-state index contributed by atoms with van der Waals surface area (Å²) >= 11 is 0. The molecule has 0 bridgehead atoms. The van der Waals surface area contributed by atoms with Crippen LogP contribution in [0.3, 0.4) is 0 Å². The van der Waals surface area contributed by atoms with Gasteiger partial charge in [0.15, 0.2) is 0 Å². The number of rotatable bonds is 11. The van der Waals surface area contributed by atoms with Crippen molar-refractivity contribution >= 4 is 6.08 Å². The summed E-state index contributed by atoms with van der Waals surface area (Å²) < 4.78 is 24.8. The van der Waals surface area contributed by atoms with E-state index in [0.717, 1.165) is 23.8 Å². The highest BCUT2D eigenvalue weighted by molar-refractivity contribution is 5.50. The molecule has 0 radical (unpaired) electrons. The van der Waals surface area contributed by atoms with E-state index in [4.69, 9.17) is 0 Å². The van der Waals surface area contributed by atoms with Gasteiger partial charge in [0.2, 0.25) is 0 Å². The molecule has 0 nitrogen and oxygen atoms in total. The zero-order valence-electron chi connectivity index (χ0n) is 19.8.